The van der Waals surface area contributed by atoms with Crippen LogP contribution in [-0.4, -0.2) is 23.9 Å². The summed E-state index contributed by atoms with van der Waals surface area (Å²) in [4.78, 5) is 29.4. The minimum absolute atomic E-state index is 0.185. The van der Waals surface area contributed by atoms with E-state index in [-0.39, 0.29) is 11.5 Å². The van der Waals surface area contributed by atoms with Crippen LogP contribution in [-0.2, 0) is 0 Å². The van der Waals surface area contributed by atoms with Crippen LogP contribution in [0.1, 0.15) is 31.8 Å². The maximum Gasteiger partial charge on any atom is 0.256 e. The molecule has 1 aromatic heterocycles. The predicted octanol–water partition coefficient (Wildman–Crippen LogP) is 6.16. The van der Waals surface area contributed by atoms with Gasteiger partial charge in [0.25, 0.3) is 11.8 Å². The van der Waals surface area contributed by atoms with Crippen LogP contribution >= 0.6 is 0 Å². The van der Waals surface area contributed by atoms with Crippen LogP contribution < -0.4 is 20.5 Å². The fourth-order valence-corrected chi connectivity index (χ4v) is 4.27. The second-order valence-corrected chi connectivity index (χ2v) is 8.79. The summed E-state index contributed by atoms with van der Waals surface area (Å²) in [6, 6.07) is 21.9. The number of rotatable bonds is 6. The van der Waals surface area contributed by atoms with Crippen molar-refractivity contribution < 1.29 is 19.1 Å². The highest BCUT2D eigenvalue weighted by molar-refractivity contribution is 6.13. The van der Waals surface area contributed by atoms with Crippen LogP contribution in [0.5, 0.6) is 17.2 Å². The van der Waals surface area contributed by atoms with Crippen LogP contribution in [0.25, 0.3) is 21.7 Å². The number of primary amides is 1. The van der Waals surface area contributed by atoms with Crippen molar-refractivity contribution in [3.63, 3.8) is 0 Å². The van der Waals surface area contributed by atoms with Crippen molar-refractivity contribution in [3.8, 4) is 17.2 Å². The molecule has 2 amide bonds. The molecule has 5 rings (SSSR count). The van der Waals surface area contributed by atoms with Crippen LogP contribution in [0.2, 0.25) is 0 Å². The molecule has 3 N–H and O–H groups in total. The third kappa shape index (κ3) is 4.67. The highest BCUT2D eigenvalue weighted by Gasteiger charge is 2.15. The first-order valence-corrected chi connectivity index (χ1v) is 11.7. The van der Waals surface area contributed by atoms with Gasteiger partial charge in [-0.25, -0.2) is 0 Å². The lowest BCUT2D eigenvalue weighted by Crippen LogP contribution is -2.12. The van der Waals surface area contributed by atoms with E-state index in [2.05, 4.69) is 10.3 Å². The number of nitrogens with one attached hydrogen (secondary N) is 1. The fourth-order valence-electron chi connectivity index (χ4n) is 4.27. The molecule has 37 heavy (non-hydrogen) atoms. The summed E-state index contributed by atoms with van der Waals surface area (Å²) in [6.07, 6.45) is 1.62. The molecular weight excluding hydrogens is 466 g/mol. The Kier molecular flexibility index (Phi) is 6.19. The molecule has 0 spiro atoms. The van der Waals surface area contributed by atoms with Crippen molar-refractivity contribution in [2.24, 2.45) is 5.73 Å². The van der Waals surface area contributed by atoms with E-state index in [4.69, 9.17) is 15.2 Å². The summed E-state index contributed by atoms with van der Waals surface area (Å²) in [5, 5.41) is 5.27. The van der Waals surface area contributed by atoms with Gasteiger partial charge in [0, 0.05) is 28.9 Å². The summed E-state index contributed by atoms with van der Waals surface area (Å²) < 4.78 is 11.5. The Morgan fingerprint density at radius 1 is 0.838 bits per heavy atom. The lowest BCUT2D eigenvalue weighted by atomic mass is 10.0. The van der Waals surface area contributed by atoms with Crippen LogP contribution in [0.4, 0.5) is 5.69 Å². The van der Waals surface area contributed by atoms with Crippen LogP contribution in [0.15, 0.2) is 79.0 Å². The number of pyridine rings is 1. The Morgan fingerprint density at radius 2 is 1.68 bits per heavy atom. The topological polar surface area (TPSA) is 104 Å². The van der Waals surface area contributed by atoms with Gasteiger partial charge in [-0.1, -0.05) is 18.2 Å². The fraction of sp³-hybridized carbons (Fsp3) is 0.100. The zero-order chi connectivity index (χ0) is 26.1. The van der Waals surface area contributed by atoms with Gasteiger partial charge >= 0.3 is 0 Å². The molecule has 0 saturated carbocycles. The van der Waals surface area contributed by atoms with Gasteiger partial charge in [0.05, 0.1) is 18.2 Å². The molecule has 4 aromatic carbocycles. The van der Waals surface area contributed by atoms with Crippen molar-refractivity contribution in [2.45, 2.75) is 13.8 Å². The lowest BCUT2D eigenvalue weighted by Gasteiger charge is -2.13. The Morgan fingerprint density at radius 3 is 2.43 bits per heavy atom. The lowest BCUT2D eigenvalue weighted by molar-refractivity contribution is 0.0995. The number of aryl methyl sites for hydroxylation is 2. The summed E-state index contributed by atoms with van der Waals surface area (Å²) in [5.74, 6) is 0.643. The van der Waals surface area contributed by atoms with Crippen molar-refractivity contribution in [3.05, 3.63) is 101 Å². The summed E-state index contributed by atoms with van der Waals surface area (Å²) in [5.41, 5.74) is 9.98. The summed E-state index contributed by atoms with van der Waals surface area (Å²) in [7, 11) is 1.47. The standard InChI is InChI=1S/C30H25N3O4/c1-17-7-8-20(13-18(17)2)33-30(35)23-6-4-5-19-14-21(9-10-22(19)23)37-27-11-12-32-26-16-28(36-3)25(29(31)34)15-24(26)27/h4-16H,1-3H3,(H2,31,34)(H,33,35). The number of benzene rings is 4. The van der Waals surface area contributed by atoms with E-state index in [9.17, 15) is 9.59 Å². The van der Waals surface area contributed by atoms with Gasteiger partial charge in [0.2, 0.25) is 0 Å². The zero-order valence-electron chi connectivity index (χ0n) is 20.7. The predicted molar refractivity (Wildman–Crippen MR) is 145 cm³/mol. The van der Waals surface area contributed by atoms with Gasteiger partial charge in [-0.05, 0) is 84.3 Å². The molecule has 7 nitrogen and oxygen atoms in total. The number of carbonyl (C=O) groups is 2. The van der Waals surface area contributed by atoms with Gasteiger partial charge in [0.1, 0.15) is 17.2 Å². The van der Waals surface area contributed by atoms with Crippen molar-refractivity contribution in [2.75, 3.05) is 12.4 Å². The number of ether oxygens (including phenoxy) is 2. The molecule has 1 heterocycles. The second kappa shape index (κ2) is 9.62. The van der Waals surface area contributed by atoms with Gasteiger partial charge in [-0.2, -0.15) is 0 Å². The van der Waals surface area contributed by atoms with Crippen LogP contribution in [0, 0.1) is 13.8 Å². The average Bonchev–Trinajstić information content (AvgIpc) is 2.89. The molecule has 0 aliphatic rings. The molecule has 5 aromatic rings. The van der Waals surface area contributed by atoms with Crippen LogP contribution in [0.3, 0.4) is 0 Å². The number of nitrogens with zero attached hydrogens (tertiary/aromatic N) is 1. The number of hydrogen-bond donors (Lipinski definition) is 2. The first-order chi connectivity index (χ1) is 17.8. The smallest absolute Gasteiger partial charge is 0.256 e. The Hall–Kier alpha value is -4.91. The first-order valence-electron chi connectivity index (χ1n) is 11.7. The van der Waals surface area contributed by atoms with E-state index in [0.29, 0.717) is 33.7 Å². The second-order valence-electron chi connectivity index (χ2n) is 8.79. The number of anilines is 1. The maximum absolute atomic E-state index is 13.1. The average molecular weight is 492 g/mol. The third-order valence-electron chi connectivity index (χ3n) is 6.38. The first kappa shape index (κ1) is 23.8. The molecule has 0 aliphatic carbocycles. The Labute approximate surface area is 213 Å². The molecule has 7 heteroatoms. The number of nitrogens with two attached hydrogens (primary N) is 1. The molecule has 0 unspecified atom stereocenters. The largest absolute Gasteiger partial charge is 0.496 e. The summed E-state index contributed by atoms with van der Waals surface area (Å²) >= 11 is 0. The molecule has 0 bridgehead atoms. The summed E-state index contributed by atoms with van der Waals surface area (Å²) in [6.45, 7) is 4.05. The zero-order valence-corrected chi connectivity index (χ0v) is 20.7. The van der Waals surface area contributed by atoms with Gasteiger partial charge < -0.3 is 20.5 Å². The van der Waals surface area contributed by atoms with E-state index < -0.39 is 5.91 Å². The number of amides is 2. The molecule has 184 valence electrons. The van der Waals surface area contributed by atoms with Gasteiger partial charge in [-0.3, -0.25) is 14.6 Å². The van der Waals surface area contributed by atoms with Crippen molar-refractivity contribution >= 4 is 39.2 Å². The third-order valence-corrected chi connectivity index (χ3v) is 6.38. The molecule has 0 fully saturated rings. The number of hydrogen-bond acceptors (Lipinski definition) is 5. The number of aromatic nitrogens is 1. The van der Waals surface area contributed by atoms with Gasteiger partial charge in [-0.15, -0.1) is 0 Å². The van der Waals surface area contributed by atoms with E-state index in [1.807, 2.05) is 56.3 Å². The number of methoxy groups -OCH3 is 1. The van der Waals surface area contributed by atoms with E-state index >= 15 is 0 Å². The SMILES string of the molecule is COc1cc2nccc(Oc3ccc4c(C(=O)Nc5ccc(C)c(C)c5)cccc4c3)c2cc1C(N)=O. The molecule has 0 atom stereocenters. The Balaban J connectivity index is 1.47. The van der Waals surface area contributed by atoms with Crippen molar-refractivity contribution in [1.82, 2.24) is 4.98 Å². The van der Waals surface area contributed by atoms with E-state index in [1.54, 1.807) is 36.5 Å². The number of carbonyl (C=O) groups excluding carboxylic acids is 2. The maximum atomic E-state index is 13.1. The number of fused-ring (bicyclic) bond motifs is 2. The minimum atomic E-state index is -0.606. The molecule has 0 radical (unpaired) electrons. The molecule has 0 saturated heterocycles. The highest BCUT2D eigenvalue weighted by atomic mass is 16.5. The minimum Gasteiger partial charge on any atom is -0.496 e. The van der Waals surface area contributed by atoms with Gasteiger partial charge in [0.15, 0.2) is 0 Å². The highest BCUT2D eigenvalue weighted by Crippen LogP contribution is 2.34. The normalized spacial score (nSPS) is 10.9. The van der Waals surface area contributed by atoms with E-state index in [0.717, 1.165) is 22.0 Å². The molecular formula is C30H25N3O4. The molecule has 0 aliphatic heterocycles. The quantitative estimate of drug-likeness (QED) is 0.296. The van der Waals surface area contributed by atoms with E-state index in [1.165, 1.54) is 12.7 Å². The van der Waals surface area contributed by atoms with Crippen molar-refractivity contribution in [1.29, 1.82) is 0 Å². The monoisotopic (exact) mass is 491 g/mol. The Bertz CT molecular complexity index is 1690.